The number of azide groups is 2. The second kappa shape index (κ2) is 34.3. The van der Waals surface area contributed by atoms with Gasteiger partial charge in [0.2, 0.25) is 0 Å². The predicted molar refractivity (Wildman–Crippen MR) is 314 cm³/mol. The quantitative estimate of drug-likeness (QED) is 0.0104. The molecular formula is C59H90N6O17Si. The number of ether oxygens (including phenoxy) is 12. The Labute approximate surface area is 489 Å². The average molecular weight is 1180 g/mol. The highest BCUT2D eigenvalue weighted by Crippen LogP contribution is 2.39. The Balaban J connectivity index is 0.000000361. The summed E-state index contributed by atoms with van der Waals surface area (Å²) in [6.45, 7) is 22.5. The van der Waals surface area contributed by atoms with Crippen LogP contribution in [0.4, 0.5) is 0 Å². The fraction of sp³-hybridized carbons (Fsp3) is 0.661. The van der Waals surface area contributed by atoms with Crippen molar-refractivity contribution in [3.8, 4) is 23.0 Å². The van der Waals surface area contributed by atoms with Gasteiger partial charge in [0.1, 0.15) is 64.6 Å². The van der Waals surface area contributed by atoms with E-state index in [0.29, 0.717) is 73.5 Å². The lowest BCUT2D eigenvalue weighted by Gasteiger charge is -2.23. The molecule has 3 aliphatic rings. The fourth-order valence-electron chi connectivity index (χ4n) is 8.99. The first-order chi connectivity index (χ1) is 39.3. The van der Waals surface area contributed by atoms with Gasteiger partial charge in [0, 0.05) is 62.3 Å². The smallest absolute Gasteiger partial charge is 0.342 e. The van der Waals surface area contributed by atoms with Crippen LogP contribution in [-0.4, -0.2) is 156 Å². The average Bonchev–Trinajstić information content (AvgIpc) is 3.58. The maximum atomic E-state index is 13.6. The van der Waals surface area contributed by atoms with Crippen LogP contribution in [0, 0.1) is 11.8 Å². The van der Waals surface area contributed by atoms with Crippen LogP contribution < -0.4 is 18.9 Å². The Morgan fingerprint density at radius 2 is 1.41 bits per heavy atom. The lowest BCUT2D eigenvalue weighted by Crippen LogP contribution is -2.34. The molecule has 2 aromatic rings. The molecule has 0 spiro atoms. The van der Waals surface area contributed by atoms with Gasteiger partial charge in [-0.1, -0.05) is 80.2 Å². The second-order valence-electron chi connectivity index (χ2n) is 22.8. The summed E-state index contributed by atoms with van der Waals surface area (Å²) in [7, 11) is 1.55. The Morgan fingerprint density at radius 1 is 0.807 bits per heavy atom. The van der Waals surface area contributed by atoms with Crippen molar-refractivity contribution < 1.29 is 81.8 Å². The van der Waals surface area contributed by atoms with Crippen LogP contribution in [0.1, 0.15) is 119 Å². The van der Waals surface area contributed by atoms with Gasteiger partial charge in [-0.05, 0) is 127 Å². The second-order valence-corrected chi connectivity index (χ2v) is 28.4. The molecule has 0 radical (unpaired) electrons. The summed E-state index contributed by atoms with van der Waals surface area (Å²) in [5.41, 5.74) is 18.7. The molecule has 0 aromatic heterocycles. The van der Waals surface area contributed by atoms with Crippen LogP contribution in [0.5, 0.6) is 23.0 Å². The number of nitrogens with zero attached hydrogens (tertiary/aromatic N) is 6. The Hall–Kier alpha value is -5.72. The molecule has 5 rings (SSSR count). The summed E-state index contributed by atoms with van der Waals surface area (Å²) in [5.74, 6) is -1.60. The molecule has 3 aliphatic heterocycles. The van der Waals surface area contributed by atoms with E-state index in [1.54, 1.807) is 62.4 Å². The maximum absolute atomic E-state index is 13.6. The van der Waals surface area contributed by atoms with Gasteiger partial charge < -0.3 is 72.2 Å². The number of carbonyl (C=O) groups excluding carboxylic acids is 2. The van der Waals surface area contributed by atoms with Crippen LogP contribution in [-0.2, 0) is 44.3 Å². The summed E-state index contributed by atoms with van der Waals surface area (Å²) in [5, 5.41) is 38.7. The van der Waals surface area contributed by atoms with E-state index in [0.717, 1.165) is 6.04 Å². The summed E-state index contributed by atoms with van der Waals surface area (Å²) in [6.07, 6.45) is 8.48. The van der Waals surface area contributed by atoms with Crippen molar-refractivity contribution in [1.29, 1.82) is 0 Å². The van der Waals surface area contributed by atoms with Gasteiger partial charge in [0.05, 0.1) is 38.1 Å². The summed E-state index contributed by atoms with van der Waals surface area (Å²) in [6, 6.07) is 7.59. The molecule has 83 heavy (non-hydrogen) atoms. The molecule has 24 heteroatoms. The minimum Gasteiger partial charge on any atom is -0.493 e. The summed E-state index contributed by atoms with van der Waals surface area (Å²) >= 11 is 0. The Bertz CT molecular complexity index is 2560. The molecule has 2 unspecified atom stereocenters. The molecular weight excluding hydrogens is 1090 g/mol. The van der Waals surface area contributed by atoms with Crippen LogP contribution in [0.15, 0.2) is 64.9 Å². The highest BCUT2D eigenvalue weighted by Gasteiger charge is 2.45. The first kappa shape index (κ1) is 69.8. The third kappa shape index (κ3) is 23.0. The third-order valence-electron chi connectivity index (χ3n) is 13.7. The first-order valence-corrected chi connectivity index (χ1v) is 32.1. The zero-order valence-corrected chi connectivity index (χ0v) is 51.7. The van der Waals surface area contributed by atoms with E-state index in [2.05, 4.69) is 39.7 Å². The molecule has 2 saturated heterocycles. The maximum Gasteiger partial charge on any atom is 0.342 e. The first-order valence-electron chi connectivity index (χ1n) is 28.4. The number of carbonyl (C=O) groups is 2. The number of esters is 2. The van der Waals surface area contributed by atoms with Crippen molar-refractivity contribution in [2.45, 2.75) is 180 Å². The Morgan fingerprint density at radius 3 is 2.04 bits per heavy atom. The molecule has 3 N–H and O–H groups in total. The molecule has 0 saturated carbocycles. The monoisotopic (exact) mass is 1180 g/mol. The number of cyclic esters (lactones) is 1. The molecule has 2 fully saturated rings. The van der Waals surface area contributed by atoms with Crippen LogP contribution in [0.3, 0.4) is 0 Å². The van der Waals surface area contributed by atoms with Gasteiger partial charge in [0.25, 0.3) is 0 Å². The van der Waals surface area contributed by atoms with Crippen molar-refractivity contribution in [2.24, 2.45) is 22.1 Å². The molecule has 0 amide bonds. The van der Waals surface area contributed by atoms with Gasteiger partial charge in [0.15, 0.2) is 25.2 Å². The number of fused-ring (bicyclic) bond motifs is 2. The van der Waals surface area contributed by atoms with Gasteiger partial charge in [-0.2, -0.15) is 0 Å². The van der Waals surface area contributed by atoms with E-state index < -0.39 is 80.4 Å². The molecule has 462 valence electrons. The lowest BCUT2D eigenvalue weighted by molar-refractivity contribution is -0.153. The van der Waals surface area contributed by atoms with Crippen LogP contribution in [0.25, 0.3) is 27.0 Å². The largest absolute Gasteiger partial charge is 0.493 e. The minimum atomic E-state index is -1.45. The van der Waals surface area contributed by atoms with Crippen molar-refractivity contribution >= 4 is 26.1 Å². The number of benzene rings is 2. The van der Waals surface area contributed by atoms with Crippen molar-refractivity contribution in [1.82, 2.24) is 0 Å². The topological polar surface area (TPSA) is 303 Å². The van der Waals surface area contributed by atoms with Gasteiger partial charge in [-0.15, -0.1) is 0 Å². The predicted octanol–water partition coefficient (Wildman–Crippen LogP) is 10.8. The molecule has 3 heterocycles. The van der Waals surface area contributed by atoms with Crippen LogP contribution in [0.2, 0.25) is 25.7 Å². The van der Waals surface area contributed by atoms with E-state index in [-0.39, 0.29) is 68.6 Å². The number of aliphatic hydroxyl groups is 3. The highest BCUT2D eigenvalue weighted by molar-refractivity contribution is 6.76. The minimum absolute atomic E-state index is 0.0515. The number of hydrogen-bond donors (Lipinski definition) is 3. The number of aliphatic hydroxyl groups excluding tert-OH is 3. The van der Waals surface area contributed by atoms with Gasteiger partial charge >= 0.3 is 11.9 Å². The van der Waals surface area contributed by atoms with E-state index in [9.17, 15) is 24.9 Å². The van der Waals surface area contributed by atoms with Gasteiger partial charge in [-0.3, -0.25) is 0 Å². The zero-order valence-electron chi connectivity index (χ0n) is 50.7. The molecule has 10 atom stereocenters. The molecule has 2 aromatic carbocycles. The van der Waals surface area contributed by atoms with Crippen molar-refractivity contribution in [3.63, 3.8) is 0 Å². The van der Waals surface area contributed by atoms with E-state index in [4.69, 9.17) is 67.9 Å². The van der Waals surface area contributed by atoms with E-state index in [1.165, 1.54) is 14.2 Å². The van der Waals surface area contributed by atoms with E-state index >= 15 is 0 Å². The Kier molecular flexibility index (Phi) is 28.8. The lowest BCUT2D eigenvalue weighted by atomic mass is 9.96. The summed E-state index contributed by atoms with van der Waals surface area (Å²) in [4.78, 5) is 32.6. The molecule has 0 aliphatic carbocycles. The number of methoxy groups -OCH3 is 2. The zero-order chi connectivity index (χ0) is 61.3. The van der Waals surface area contributed by atoms with Gasteiger partial charge in [-0.25, -0.2) is 9.59 Å². The number of rotatable bonds is 28. The summed E-state index contributed by atoms with van der Waals surface area (Å²) < 4.78 is 69.7. The SMILES string of the molecule is COCOc1ccc(OCCCN=[N+]=[N-])c(CCC[C@@H]2OC(C)(C)O[C@@H]2C(O)/C=C\[C@@H](C)[C@H](C)O)c1C(=O)OCC[Si](C)(C)C.COCOc1ccc(OCCCN=[N+]=[N-])c2c1C(=O)O[C@@H](C)[C@H](C)/C=C\C(O)[C@H]1OC(C)(C)O[C@H]1CC=C2. The molecule has 0 bridgehead atoms. The third-order valence-corrected chi connectivity index (χ3v) is 15.4. The highest BCUT2D eigenvalue weighted by atomic mass is 28.3. The standard InChI is InChI=1S/C32H53N3O9Si.C27H37N3O8/c1-22(23(2)36)13-14-25(37)30-28(43-32(3,4)44-30)12-9-11-24-26(40-18-10-17-34-35-33)15-16-27(42-21-39-5)29(24)31(38)41-19-20-45(6,7)8;1-17-10-11-20(31)25-23(37-27(3,4)38-25)9-6-8-19-21(34-15-7-14-29-30-28)12-13-22(35-16-33-5)24(19)26(32)36-18(17)2/h13-16,22-23,25,28,30,36-37H,9-12,17-21H2,1-8H3;6,8,10-13,17-18,20,23,25,31H,7,9,14-16H2,1-5H3/b14-13-;8-6?,11-10-/t22-,23+,25?,28+,30-;17-,18+,20?,23+,25-/m11/s1. The number of hydrogen-bond acceptors (Lipinski definition) is 19. The fourth-order valence-corrected chi connectivity index (χ4v) is 9.70. The normalized spacial score (nSPS) is 23.5. The van der Waals surface area contributed by atoms with Crippen molar-refractivity contribution in [2.75, 3.05) is 60.7 Å². The van der Waals surface area contributed by atoms with Crippen molar-refractivity contribution in [3.05, 3.63) is 97.8 Å². The van der Waals surface area contributed by atoms with E-state index in [1.807, 2.05) is 53.7 Å². The molecule has 23 nitrogen and oxygen atoms in total. The van der Waals surface area contributed by atoms with Crippen LogP contribution >= 0.6 is 0 Å².